The van der Waals surface area contributed by atoms with Gasteiger partial charge >= 0.3 is 0 Å². The summed E-state index contributed by atoms with van der Waals surface area (Å²) in [7, 11) is 1.64. The van der Waals surface area contributed by atoms with Gasteiger partial charge in [-0.05, 0) is 25.5 Å². The van der Waals surface area contributed by atoms with E-state index in [-0.39, 0.29) is 24.4 Å². The average molecular weight is 285 g/mol. The van der Waals surface area contributed by atoms with E-state index in [0.29, 0.717) is 6.54 Å². The second-order valence-electron chi connectivity index (χ2n) is 4.53. The van der Waals surface area contributed by atoms with Gasteiger partial charge in [-0.1, -0.05) is 24.6 Å². The number of ether oxygens (including phenoxy) is 1. The summed E-state index contributed by atoms with van der Waals surface area (Å²) >= 11 is 0. The van der Waals surface area contributed by atoms with Gasteiger partial charge < -0.3 is 15.4 Å². The molecule has 2 N–H and O–H groups in total. The van der Waals surface area contributed by atoms with Crippen molar-refractivity contribution in [1.29, 1.82) is 0 Å². The summed E-state index contributed by atoms with van der Waals surface area (Å²) in [5.41, 5.74) is 1.00. The van der Waals surface area contributed by atoms with Gasteiger partial charge in [0.1, 0.15) is 5.75 Å². The predicted octanol–water partition coefficient (Wildman–Crippen LogP) is 1.88. The van der Waals surface area contributed by atoms with Gasteiger partial charge in [0.25, 0.3) is 0 Å². The second kappa shape index (κ2) is 8.02. The monoisotopic (exact) mass is 284 g/mol. The maximum absolute atomic E-state index is 12.0. The molecule has 1 atom stereocenters. The lowest BCUT2D eigenvalue weighted by Crippen LogP contribution is -2.46. The first-order valence-corrected chi connectivity index (χ1v) is 6.44. The summed E-state index contributed by atoms with van der Waals surface area (Å²) in [6.45, 7) is 1.45. The van der Waals surface area contributed by atoms with Crippen molar-refractivity contribution in [2.75, 3.05) is 13.7 Å². The fourth-order valence-corrected chi connectivity index (χ4v) is 2.23. The van der Waals surface area contributed by atoms with Crippen molar-refractivity contribution in [3.63, 3.8) is 0 Å². The Morgan fingerprint density at radius 2 is 2.21 bits per heavy atom. The van der Waals surface area contributed by atoms with Crippen molar-refractivity contribution in [2.24, 2.45) is 0 Å². The quantitative estimate of drug-likeness (QED) is 0.888. The summed E-state index contributed by atoms with van der Waals surface area (Å²) in [4.78, 5) is 12.0. The topological polar surface area (TPSA) is 50.4 Å². The van der Waals surface area contributed by atoms with Crippen molar-refractivity contribution >= 4 is 18.3 Å². The third-order valence-electron chi connectivity index (χ3n) is 3.27. The Labute approximate surface area is 120 Å². The van der Waals surface area contributed by atoms with Gasteiger partial charge in [0.05, 0.1) is 13.2 Å². The fourth-order valence-electron chi connectivity index (χ4n) is 2.23. The van der Waals surface area contributed by atoms with Crippen molar-refractivity contribution in [2.45, 2.75) is 31.8 Å². The van der Waals surface area contributed by atoms with Gasteiger partial charge in [0, 0.05) is 12.1 Å². The average Bonchev–Trinajstić information content (AvgIpc) is 2.46. The van der Waals surface area contributed by atoms with E-state index < -0.39 is 0 Å². The number of carbonyl (C=O) groups is 1. The van der Waals surface area contributed by atoms with Crippen LogP contribution in [-0.2, 0) is 11.3 Å². The maximum Gasteiger partial charge on any atom is 0.237 e. The van der Waals surface area contributed by atoms with Gasteiger partial charge in [0.15, 0.2) is 0 Å². The van der Waals surface area contributed by atoms with Crippen LogP contribution < -0.4 is 15.4 Å². The van der Waals surface area contributed by atoms with Gasteiger partial charge in [-0.3, -0.25) is 4.79 Å². The molecule has 4 nitrogen and oxygen atoms in total. The molecule has 0 bridgehead atoms. The first kappa shape index (κ1) is 15.8. The molecular formula is C14H21ClN2O2. The summed E-state index contributed by atoms with van der Waals surface area (Å²) < 4.78 is 5.26. The molecule has 19 heavy (non-hydrogen) atoms. The summed E-state index contributed by atoms with van der Waals surface area (Å²) in [6.07, 6.45) is 3.22. The molecule has 0 aliphatic carbocycles. The lowest BCUT2D eigenvalue weighted by Gasteiger charge is -2.22. The van der Waals surface area contributed by atoms with Gasteiger partial charge in [-0.25, -0.2) is 0 Å². The van der Waals surface area contributed by atoms with Crippen LogP contribution >= 0.6 is 12.4 Å². The van der Waals surface area contributed by atoms with E-state index in [1.165, 1.54) is 0 Å². The molecule has 5 heteroatoms. The molecule has 2 rings (SSSR count). The Balaban J connectivity index is 0.00000180. The van der Waals surface area contributed by atoms with E-state index in [9.17, 15) is 4.79 Å². The van der Waals surface area contributed by atoms with E-state index in [4.69, 9.17) is 4.74 Å². The standard InChI is InChI=1S/C14H20N2O2.ClH/c1-18-13-8-3-2-6-11(13)10-16-14(17)12-7-4-5-9-15-12;/h2-3,6,8,12,15H,4-5,7,9-10H2,1H3,(H,16,17);1H/t12-;/m0./s1. The molecule has 0 spiro atoms. The Bertz CT molecular complexity index is 406. The molecule has 1 amide bonds. The van der Waals surface area contributed by atoms with Gasteiger partial charge in [0.2, 0.25) is 5.91 Å². The number of hydrogen-bond donors (Lipinski definition) is 2. The molecule has 0 unspecified atom stereocenters. The van der Waals surface area contributed by atoms with Crippen LogP contribution in [-0.4, -0.2) is 25.6 Å². The number of rotatable bonds is 4. The third kappa shape index (κ3) is 4.40. The Hall–Kier alpha value is -1.26. The van der Waals surface area contributed by atoms with Crippen LogP contribution in [0.1, 0.15) is 24.8 Å². The lowest BCUT2D eigenvalue weighted by molar-refractivity contribution is -0.123. The minimum atomic E-state index is -0.0338. The number of benzene rings is 1. The minimum absolute atomic E-state index is 0. The highest BCUT2D eigenvalue weighted by Gasteiger charge is 2.20. The highest BCUT2D eigenvalue weighted by Crippen LogP contribution is 2.17. The summed E-state index contributed by atoms with van der Waals surface area (Å²) in [5, 5.41) is 6.20. The smallest absolute Gasteiger partial charge is 0.237 e. The van der Waals surface area contributed by atoms with Crippen LogP contribution in [0.4, 0.5) is 0 Å². The number of amides is 1. The Kier molecular flexibility index (Phi) is 6.67. The molecule has 1 aromatic rings. The molecule has 1 aliphatic heterocycles. The summed E-state index contributed by atoms with van der Waals surface area (Å²) in [5.74, 6) is 0.898. The van der Waals surface area contributed by atoms with Crippen molar-refractivity contribution in [3.05, 3.63) is 29.8 Å². The normalized spacial score (nSPS) is 18.3. The number of carbonyl (C=O) groups excluding carboxylic acids is 1. The molecule has 1 aliphatic rings. The van der Waals surface area contributed by atoms with E-state index in [1.807, 2.05) is 24.3 Å². The van der Waals surface area contributed by atoms with Crippen LogP contribution in [0.15, 0.2) is 24.3 Å². The largest absolute Gasteiger partial charge is 0.496 e. The third-order valence-corrected chi connectivity index (χ3v) is 3.27. The molecule has 0 saturated carbocycles. The van der Waals surface area contributed by atoms with Gasteiger partial charge in [-0.2, -0.15) is 0 Å². The molecule has 1 saturated heterocycles. The first-order valence-electron chi connectivity index (χ1n) is 6.44. The molecule has 0 aromatic heterocycles. The van der Waals surface area contributed by atoms with E-state index in [2.05, 4.69) is 10.6 Å². The molecule has 1 aromatic carbocycles. The number of methoxy groups -OCH3 is 1. The van der Waals surface area contributed by atoms with Crippen LogP contribution in [0.25, 0.3) is 0 Å². The number of nitrogens with one attached hydrogen (secondary N) is 2. The zero-order valence-corrected chi connectivity index (χ0v) is 12.0. The van der Waals surface area contributed by atoms with Crippen molar-refractivity contribution in [3.8, 4) is 5.75 Å². The number of hydrogen-bond acceptors (Lipinski definition) is 3. The first-order chi connectivity index (χ1) is 8.81. The van der Waals surface area contributed by atoms with E-state index in [1.54, 1.807) is 7.11 Å². The Morgan fingerprint density at radius 1 is 1.42 bits per heavy atom. The van der Waals surface area contributed by atoms with Crippen LogP contribution in [0.5, 0.6) is 5.75 Å². The number of halogens is 1. The van der Waals surface area contributed by atoms with E-state index >= 15 is 0 Å². The van der Waals surface area contributed by atoms with Crippen molar-refractivity contribution < 1.29 is 9.53 Å². The number of piperidine rings is 1. The SMILES string of the molecule is COc1ccccc1CNC(=O)[C@@H]1CCCCN1.Cl. The van der Waals surface area contributed by atoms with Gasteiger partial charge in [-0.15, -0.1) is 12.4 Å². The second-order valence-corrected chi connectivity index (χ2v) is 4.53. The van der Waals surface area contributed by atoms with Crippen LogP contribution in [0.3, 0.4) is 0 Å². The number of para-hydroxylation sites is 1. The molecule has 106 valence electrons. The minimum Gasteiger partial charge on any atom is -0.496 e. The van der Waals surface area contributed by atoms with E-state index in [0.717, 1.165) is 37.1 Å². The molecular weight excluding hydrogens is 264 g/mol. The van der Waals surface area contributed by atoms with Crippen molar-refractivity contribution in [1.82, 2.24) is 10.6 Å². The van der Waals surface area contributed by atoms with Crippen LogP contribution in [0, 0.1) is 0 Å². The zero-order chi connectivity index (χ0) is 12.8. The summed E-state index contributed by atoms with van der Waals surface area (Å²) in [6, 6.07) is 7.71. The molecule has 1 heterocycles. The highest BCUT2D eigenvalue weighted by molar-refractivity contribution is 5.85. The lowest BCUT2D eigenvalue weighted by atomic mass is 10.0. The molecule has 0 radical (unpaired) electrons. The predicted molar refractivity (Wildman–Crippen MR) is 77.7 cm³/mol. The molecule has 1 fully saturated rings. The fraction of sp³-hybridized carbons (Fsp3) is 0.500. The Morgan fingerprint density at radius 3 is 2.89 bits per heavy atom. The zero-order valence-electron chi connectivity index (χ0n) is 11.1. The maximum atomic E-state index is 12.0. The van der Waals surface area contributed by atoms with Crippen LogP contribution in [0.2, 0.25) is 0 Å². The highest BCUT2D eigenvalue weighted by atomic mass is 35.5.